The van der Waals surface area contributed by atoms with E-state index in [0.717, 1.165) is 6.07 Å². The van der Waals surface area contributed by atoms with Crippen LogP contribution in [0.3, 0.4) is 0 Å². The number of aliphatic carboxylic acids is 1. The maximum Gasteiger partial charge on any atom is 0.333 e. The van der Waals surface area contributed by atoms with Crippen LogP contribution in [-0.2, 0) is 11.2 Å². The Bertz CT molecular complexity index is 1610. The zero-order chi connectivity index (χ0) is 27.3. The highest BCUT2D eigenvalue weighted by Gasteiger charge is 2.28. The minimum atomic E-state index is -1.03. The number of H-pyrrole nitrogens is 1. The molecule has 4 heterocycles. The number of benzene rings is 1. The summed E-state index contributed by atoms with van der Waals surface area (Å²) in [7, 11) is 5.25. The molecule has 1 atom stereocenters. The molecule has 0 aliphatic carbocycles. The molecule has 3 aromatic heterocycles. The monoisotopic (exact) mass is 522 g/mol. The molecular formula is C27H28F2N6O3. The van der Waals surface area contributed by atoms with Crippen LogP contribution in [0.25, 0.3) is 33.1 Å². The van der Waals surface area contributed by atoms with Gasteiger partial charge in [0.1, 0.15) is 11.5 Å². The summed E-state index contributed by atoms with van der Waals surface area (Å²) in [5.74, 6) is -2.37. The molecule has 4 aromatic rings. The quantitative estimate of drug-likeness (QED) is 0.284. The number of carboxylic acid groups (broad SMARTS) is 1. The fourth-order valence-corrected chi connectivity index (χ4v) is 5.10. The second-order valence-electron chi connectivity index (χ2n) is 9.60. The molecule has 0 spiro atoms. The number of aliphatic hydroxyl groups excluding tert-OH is 1. The number of fused-ring (bicyclic) bond motifs is 4. The number of aromatic amines is 1. The largest absolute Gasteiger partial charge is 0.478 e. The third-order valence-corrected chi connectivity index (χ3v) is 6.95. The summed E-state index contributed by atoms with van der Waals surface area (Å²) >= 11 is 0. The number of hydrogen-bond donors (Lipinski definition) is 4. The van der Waals surface area contributed by atoms with Crippen molar-refractivity contribution in [3.63, 3.8) is 0 Å². The first kappa shape index (κ1) is 25.4. The molecule has 198 valence electrons. The molecule has 1 aliphatic heterocycles. The van der Waals surface area contributed by atoms with Crippen LogP contribution in [0, 0.1) is 11.6 Å². The second kappa shape index (κ2) is 9.56. The van der Waals surface area contributed by atoms with E-state index in [2.05, 4.69) is 20.3 Å². The van der Waals surface area contributed by atoms with Crippen LogP contribution in [0.5, 0.6) is 0 Å². The van der Waals surface area contributed by atoms with Gasteiger partial charge >= 0.3 is 5.97 Å². The van der Waals surface area contributed by atoms with Crippen molar-refractivity contribution in [1.82, 2.24) is 15.0 Å². The van der Waals surface area contributed by atoms with E-state index in [-0.39, 0.29) is 30.0 Å². The number of pyridine rings is 2. The maximum absolute atomic E-state index is 15.2. The number of hydrogen-bond acceptors (Lipinski definition) is 7. The minimum Gasteiger partial charge on any atom is -0.478 e. The van der Waals surface area contributed by atoms with Gasteiger partial charge in [0.2, 0.25) is 0 Å². The van der Waals surface area contributed by atoms with Gasteiger partial charge in [0, 0.05) is 81.6 Å². The molecule has 0 amide bonds. The second-order valence-corrected chi connectivity index (χ2v) is 9.60. The zero-order valence-corrected chi connectivity index (χ0v) is 21.4. The topological polar surface area (TPSA) is 118 Å². The molecule has 9 nitrogen and oxygen atoms in total. The Morgan fingerprint density at radius 3 is 2.66 bits per heavy atom. The Balaban J connectivity index is 1.74. The molecule has 38 heavy (non-hydrogen) atoms. The van der Waals surface area contributed by atoms with Crippen molar-refractivity contribution in [3.8, 4) is 11.1 Å². The average Bonchev–Trinajstić information content (AvgIpc) is 3.29. The predicted molar refractivity (Wildman–Crippen MR) is 144 cm³/mol. The zero-order valence-electron chi connectivity index (χ0n) is 21.4. The molecule has 0 saturated heterocycles. The summed E-state index contributed by atoms with van der Waals surface area (Å²) in [5, 5.41) is 22.6. The van der Waals surface area contributed by atoms with Crippen molar-refractivity contribution >= 4 is 45.1 Å². The number of aromatic nitrogens is 3. The Morgan fingerprint density at radius 1 is 1.24 bits per heavy atom. The molecule has 0 radical (unpaired) electrons. The van der Waals surface area contributed by atoms with Gasteiger partial charge in [-0.2, -0.15) is 0 Å². The van der Waals surface area contributed by atoms with E-state index in [4.69, 9.17) is 0 Å². The Morgan fingerprint density at radius 2 is 2.00 bits per heavy atom. The lowest BCUT2D eigenvalue weighted by atomic mass is 9.96. The van der Waals surface area contributed by atoms with E-state index >= 15 is 4.39 Å². The van der Waals surface area contributed by atoms with E-state index in [1.165, 1.54) is 0 Å². The van der Waals surface area contributed by atoms with Crippen LogP contribution in [0.4, 0.5) is 26.0 Å². The van der Waals surface area contributed by atoms with Gasteiger partial charge in [0.25, 0.3) is 0 Å². The normalized spacial score (nSPS) is 14.0. The number of carbonyl (C=O) groups is 1. The first-order valence-electron chi connectivity index (χ1n) is 12.2. The maximum atomic E-state index is 15.2. The highest BCUT2D eigenvalue weighted by atomic mass is 19.2. The molecule has 0 bridgehead atoms. The number of rotatable bonds is 7. The van der Waals surface area contributed by atoms with E-state index in [9.17, 15) is 19.4 Å². The van der Waals surface area contributed by atoms with Crippen molar-refractivity contribution < 1.29 is 23.8 Å². The van der Waals surface area contributed by atoms with Crippen molar-refractivity contribution in [2.24, 2.45) is 0 Å². The van der Waals surface area contributed by atoms with Crippen LogP contribution in [0.15, 0.2) is 36.3 Å². The van der Waals surface area contributed by atoms with Crippen LogP contribution in [0.2, 0.25) is 0 Å². The SMILES string of the molecule is CNc1cc(F)c(F)c2c1[nH]c1ncc(-c3cnc4c(c3)CC(C(=O)O)=CN4C(C)CCO)c(N(C)C)c12. The lowest BCUT2D eigenvalue weighted by Crippen LogP contribution is -2.34. The summed E-state index contributed by atoms with van der Waals surface area (Å²) in [6.45, 7) is 1.85. The molecule has 11 heteroatoms. The number of nitrogens with zero attached hydrogens (tertiary/aromatic N) is 4. The molecule has 5 rings (SSSR count). The first-order valence-corrected chi connectivity index (χ1v) is 12.2. The van der Waals surface area contributed by atoms with Gasteiger partial charge in [-0.1, -0.05) is 0 Å². The van der Waals surface area contributed by atoms with Crippen LogP contribution < -0.4 is 15.1 Å². The van der Waals surface area contributed by atoms with Crippen molar-refractivity contribution in [2.75, 3.05) is 42.9 Å². The standard InChI is InChI=1S/C27H28F2N6O3/c1-13(5-6-36)35-12-16(27(37)38)8-14-7-15(10-32-26(14)35)17-11-31-25-21(24(17)34(3)4)20-22(29)18(28)9-19(30-2)23(20)33-25/h7,9-13,30,36H,5-6,8H2,1-4H3,(H,31,33)(H,37,38). The molecular weight excluding hydrogens is 494 g/mol. The lowest BCUT2D eigenvalue weighted by Gasteiger charge is -2.32. The van der Waals surface area contributed by atoms with Crippen LogP contribution >= 0.6 is 0 Å². The van der Waals surface area contributed by atoms with Gasteiger partial charge in [-0.15, -0.1) is 0 Å². The molecule has 4 N–H and O–H groups in total. The van der Waals surface area contributed by atoms with E-state index in [1.54, 1.807) is 30.5 Å². The Labute approximate surface area is 217 Å². The molecule has 0 fully saturated rings. The average molecular weight is 523 g/mol. The number of aliphatic hydroxyl groups is 1. The summed E-state index contributed by atoms with van der Waals surface area (Å²) in [4.78, 5) is 27.8. The van der Waals surface area contributed by atoms with E-state index in [1.807, 2.05) is 32.0 Å². The van der Waals surface area contributed by atoms with Crippen molar-refractivity contribution in [2.45, 2.75) is 25.8 Å². The smallest absolute Gasteiger partial charge is 0.333 e. The molecule has 1 aliphatic rings. The summed E-state index contributed by atoms with van der Waals surface area (Å²) in [6, 6.07) is 2.79. The van der Waals surface area contributed by atoms with Gasteiger partial charge in [-0.3, -0.25) is 0 Å². The summed E-state index contributed by atoms with van der Waals surface area (Å²) in [5.41, 5.74) is 4.02. The molecule has 1 aromatic carbocycles. The van der Waals surface area contributed by atoms with Gasteiger partial charge in [-0.05, 0) is 19.4 Å². The summed E-state index contributed by atoms with van der Waals surface area (Å²) < 4.78 is 29.8. The lowest BCUT2D eigenvalue weighted by molar-refractivity contribution is -0.132. The third-order valence-electron chi connectivity index (χ3n) is 6.95. The number of carboxylic acids is 1. The Hall–Kier alpha value is -4.25. The van der Waals surface area contributed by atoms with Crippen LogP contribution in [-0.4, -0.2) is 64.9 Å². The third kappa shape index (κ3) is 3.99. The first-order chi connectivity index (χ1) is 18.2. The molecule has 0 saturated carbocycles. The number of nitrogens with one attached hydrogen (secondary N) is 2. The number of anilines is 3. The van der Waals surface area contributed by atoms with Gasteiger partial charge in [0.05, 0.1) is 33.2 Å². The number of halogens is 2. The minimum absolute atomic E-state index is 0.0454. The van der Waals surface area contributed by atoms with Crippen LogP contribution in [0.1, 0.15) is 18.9 Å². The van der Waals surface area contributed by atoms with Crippen molar-refractivity contribution in [1.29, 1.82) is 0 Å². The fraction of sp³-hybridized carbons (Fsp3) is 0.296. The van der Waals surface area contributed by atoms with Gasteiger partial charge < -0.3 is 30.3 Å². The van der Waals surface area contributed by atoms with E-state index < -0.39 is 17.6 Å². The van der Waals surface area contributed by atoms with E-state index in [0.29, 0.717) is 56.9 Å². The van der Waals surface area contributed by atoms with Crippen molar-refractivity contribution in [3.05, 3.63) is 53.5 Å². The van der Waals surface area contributed by atoms with Gasteiger partial charge in [0.15, 0.2) is 11.6 Å². The predicted octanol–water partition coefficient (Wildman–Crippen LogP) is 4.27. The fourth-order valence-electron chi connectivity index (χ4n) is 5.10. The highest BCUT2D eigenvalue weighted by Crippen LogP contribution is 2.43. The van der Waals surface area contributed by atoms with Gasteiger partial charge in [-0.25, -0.2) is 23.5 Å². The molecule has 1 unspecified atom stereocenters. The highest BCUT2D eigenvalue weighted by molar-refractivity contribution is 6.18. The summed E-state index contributed by atoms with van der Waals surface area (Å²) in [6.07, 6.45) is 5.48. The Kier molecular flexibility index (Phi) is 6.39.